The smallest absolute Gasteiger partial charge is 0.410 e. The van der Waals surface area contributed by atoms with E-state index in [1.165, 1.54) is 0 Å². The highest BCUT2D eigenvalue weighted by molar-refractivity contribution is 6.30. The van der Waals surface area contributed by atoms with Crippen molar-refractivity contribution in [1.82, 2.24) is 4.90 Å². The molecule has 0 bridgehead atoms. The maximum absolute atomic E-state index is 12.7. The van der Waals surface area contributed by atoms with Crippen LogP contribution in [0.3, 0.4) is 0 Å². The first-order valence-electron chi connectivity index (χ1n) is 9.26. The zero-order chi connectivity index (χ0) is 20.3. The first-order chi connectivity index (χ1) is 13.4. The molecule has 0 aromatic heterocycles. The third-order valence-corrected chi connectivity index (χ3v) is 4.92. The standard InChI is InChI=1S/C22H25ClN2O3/c1-14(2)28-22(26)25-10-9-15(19-13-17(23)7-8-20(19)24)12-21(25)16-5-4-6-18(11-16)27-3/h4-8,11-14,21H,9-10,24H2,1-3H3. The van der Waals surface area contributed by atoms with Crippen molar-refractivity contribution in [3.8, 4) is 5.75 Å². The van der Waals surface area contributed by atoms with Crippen molar-refractivity contribution in [2.45, 2.75) is 32.4 Å². The number of nitrogens with two attached hydrogens (primary N) is 1. The van der Waals surface area contributed by atoms with Gasteiger partial charge in [0.2, 0.25) is 0 Å². The highest BCUT2D eigenvalue weighted by atomic mass is 35.5. The number of anilines is 1. The molecule has 0 saturated heterocycles. The summed E-state index contributed by atoms with van der Waals surface area (Å²) in [7, 11) is 1.62. The maximum atomic E-state index is 12.7. The Balaban J connectivity index is 2.04. The molecule has 0 fully saturated rings. The molecule has 3 rings (SSSR count). The molecular weight excluding hydrogens is 376 g/mol. The van der Waals surface area contributed by atoms with Gasteiger partial charge in [-0.05, 0) is 61.7 Å². The van der Waals surface area contributed by atoms with Crippen LogP contribution in [0.1, 0.15) is 37.4 Å². The molecule has 0 spiro atoms. The Kier molecular flexibility index (Phi) is 6.15. The van der Waals surface area contributed by atoms with Crippen molar-refractivity contribution < 1.29 is 14.3 Å². The van der Waals surface area contributed by atoms with Crippen LogP contribution < -0.4 is 10.5 Å². The van der Waals surface area contributed by atoms with Crippen LogP contribution >= 0.6 is 11.6 Å². The van der Waals surface area contributed by atoms with Gasteiger partial charge in [-0.3, -0.25) is 4.90 Å². The van der Waals surface area contributed by atoms with Gasteiger partial charge in [0.1, 0.15) is 5.75 Å². The van der Waals surface area contributed by atoms with Crippen molar-refractivity contribution in [3.63, 3.8) is 0 Å². The fourth-order valence-electron chi connectivity index (χ4n) is 3.35. The van der Waals surface area contributed by atoms with E-state index in [-0.39, 0.29) is 18.2 Å². The SMILES string of the molecule is COc1cccc(C2C=C(c3cc(Cl)ccc3N)CCN2C(=O)OC(C)C)c1. The molecule has 0 saturated carbocycles. The van der Waals surface area contributed by atoms with Crippen LogP contribution in [0.2, 0.25) is 5.02 Å². The zero-order valence-corrected chi connectivity index (χ0v) is 17.1. The Morgan fingerprint density at radius 2 is 2.04 bits per heavy atom. The highest BCUT2D eigenvalue weighted by Gasteiger charge is 2.30. The Hall–Kier alpha value is -2.66. The van der Waals surface area contributed by atoms with Gasteiger partial charge in [0.05, 0.1) is 19.3 Å². The number of benzene rings is 2. The van der Waals surface area contributed by atoms with Crippen molar-refractivity contribution in [3.05, 3.63) is 64.7 Å². The van der Waals surface area contributed by atoms with Gasteiger partial charge < -0.3 is 15.2 Å². The van der Waals surface area contributed by atoms with E-state index in [4.69, 9.17) is 26.8 Å². The average Bonchev–Trinajstić information content (AvgIpc) is 2.69. The molecule has 2 aromatic carbocycles. The largest absolute Gasteiger partial charge is 0.497 e. The average molecular weight is 401 g/mol. The summed E-state index contributed by atoms with van der Waals surface area (Å²) in [6.07, 6.45) is 2.20. The third-order valence-electron chi connectivity index (χ3n) is 4.68. The molecule has 2 aromatic rings. The van der Waals surface area contributed by atoms with Crippen molar-refractivity contribution in [2.75, 3.05) is 19.4 Å². The van der Waals surface area contributed by atoms with Gasteiger partial charge in [-0.25, -0.2) is 4.79 Å². The van der Waals surface area contributed by atoms with Gasteiger partial charge in [-0.2, -0.15) is 0 Å². The lowest BCUT2D eigenvalue weighted by atomic mass is 9.91. The van der Waals surface area contributed by atoms with Gasteiger partial charge in [0, 0.05) is 22.8 Å². The van der Waals surface area contributed by atoms with E-state index in [0.717, 1.165) is 22.4 Å². The molecule has 1 amide bonds. The van der Waals surface area contributed by atoms with Crippen LogP contribution in [0.25, 0.3) is 5.57 Å². The number of halogens is 1. The molecule has 1 aliphatic rings. The number of methoxy groups -OCH3 is 1. The van der Waals surface area contributed by atoms with Crippen LogP contribution in [0.5, 0.6) is 5.75 Å². The molecule has 5 nitrogen and oxygen atoms in total. The van der Waals surface area contributed by atoms with Crippen molar-refractivity contribution in [1.29, 1.82) is 0 Å². The Bertz CT molecular complexity index is 895. The van der Waals surface area contributed by atoms with Crippen LogP contribution in [-0.2, 0) is 4.74 Å². The molecule has 28 heavy (non-hydrogen) atoms. The molecular formula is C22H25ClN2O3. The molecule has 1 heterocycles. The van der Waals surface area contributed by atoms with E-state index in [0.29, 0.717) is 23.7 Å². The minimum atomic E-state index is -0.336. The fourth-order valence-corrected chi connectivity index (χ4v) is 3.52. The maximum Gasteiger partial charge on any atom is 0.410 e. The number of nitrogens with zero attached hydrogens (tertiary/aromatic N) is 1. The number of hydrogen-bond acceptors (Lipinski definition) is 4. The predicted molar refractivity (Wildman–Crippen MR) is 113 cm³/mol. The normalized spacial score (nSPS) is 16.7. The monoisotopic (exact) mass is 400 g/mol. The number of carbonyl (C=O) groups excluding carboxylic acids is 1. The summed E-state index contributed by atoms with van der Waals surface area (Å²) in [4.78, 5) is 14.4. The molecule has 0 aliphatic carbocycles. The van der Waals surface area contributed by atoms with Crippen LogP contribution in [-0.4, -0.2) is 30.8 Å². The molecule has 1 aliphatic heterocycles. The lowest BCUT2D eigenvalue weighted by Crippen LogP contribution is -2.38. The number of rotatable bonds is 4. The highest BCUT2D eigenvalue weighted by Crippen LogP contribution is 2.37. The Morgan fingerprint density at radius 3 is 2.75 bits per heavy atom. The zero-order valence-electron chi connectivity index (χ0n) is 16.3. The van der Waals surface area contributed by atoms with Crippen LogP contribution in [0.4, 0.5) is 10.5 Å². The summed E-state index contributed by atoms with van der Waals surface area (Å²) in [6.45, 7) is 4.21. The molecule has 0 radical (unpaired) electrons. The molecule has 1 unspecified atom stereocenters. The Morgan fingerprint density at radius 1 is 1.25 bits per heavy atom. The summed E-state index contributed by atoms with van der Waals surface area (Å²) in [6, 6.07) is 12.9. The number of carbonyl (C=O) groups is 1. The van der Waals surface area contributed by atoms with Gasteiger partial charge >= 0.3 is 6.09 Å². The molecule has 2 N–H and O–H groups in total. The summed E-state index contributed by atoms with van der Waals surface area (Å²) < 4.78 is 10.8. The number of amides is 1. The Labute approximate surface area is 170 Å². The fraction of sp³-hybridized carbons (Fsp3) is 0.318. The molecule has 148 valence electrons. The van der Waals surface area contributed by atoms with Crippen LogP contribution in [0.15, 0.2) is 48.5 Å². The number of nitrogen functional groups attached to an aromatic ring is 1. The van der Waals surface area contributed by atoms with Crippen LogP contribution in [0, 0.1) is 0 Å². The van der Waals surface area contributed by atoms with Crippen molar-refractivity contribution in [2.24, 2.45) is 0 Å². The van der Waals surface area contributed by atoms with Gasteiger partial charge in [-0.1, -0.05) is 29.8 Å². The number of ether oxygens (including phenoxy) is 2. The summed E-state index contributed by atoms with van der Waals surface area (Å²) in [5.74, 6) is 0.734. The minimum absolute atomic E-state index is 0.188. The lowest BCUT2D eigenvalue weighted by molar-refractivity contribution is 0.0683. The topological polar surface area (TPSA) is 64.8 Å². The van der Waals surface area contributed by atoms with Crippen molar-refractivity contribution >= 4 is 29.0 Å². The second-order valence-electron chi connectivity index (χ2n) is 7.02. The van der Waals surface area contributed by atoms with E-state index in [2.05, 4.69) is 6.08 Å². The summed E-state index contributed by atoms with van der Waals surface area (Å²) in [5.41, 5.74) is 9.75. The summed E-state index contributed by atoms with van der Waals surface area (Å²) in [5, 5.41) is 0.629. The van der Waals surface area contributed by atoms with Gasteiger partial charge in [-0.15, -0.1) is 0 Å². The number of hydrogen-bond donors (Lipinski definition) is 1. The molecule has 1 atom stereocenters. The van der Waals surface area contributed by atoms with E-state index in [1.54, 1.807) is 24.1 Å². The first-order valence-corrected chi connectivity index (χ1v) is 9.64. The van der Waals surface area contributed by atoms with E-state index in [9.17, 15) is 4.79 Å². The van der Waals surface area contributed by atoms with Gasteiger partial charge in [0.25, 0.3) is 0 Å². The predicted octanol–water partition coefficient (Wildman–Crippen LogP) is 5.31. The first kappa shape index (κ1) is 20.1. The minimum Gasteiger partial charge on any atom is -0.497 e. The van der Waals surface area contributed by atoms with E-state index < -0.39 is 0 Å². The molecule has 6 heteroatoms. The quantitative estimate of drug-likeness (QED) is 0.706. The van der Waals surface area contributed by atoms with E-state index in [1.807, 2.05) is 44.2 Å². The lowest BCUT2D eigenvalue weighted by Gasteiger charge is -2.35. The van der Waals surface area contributed by atoms with Gasteiger partial charge in [0.15, 0.2) is 0 Å². The van der Waals surface area contributed by atoms with E-state index >= 15 is 0 Å². The summed E-state index contributed by atoms with van der Waals surface area (Å²) >= 11 is 6.18. The third kappa shape index (κ3) is 4.42. The second kappa shape index (κ2) is 8.57. The second-order valence-corrected chi connectivity index (χ2v) is 7.46.